The average molecular weight is 205 g/mol. The lowest BCUT2D eigenvalue weighted by atomic mass is 9.78. The summed E-state index contributed by atoms with van der Waals surface area (Å²) < 4.78 is 0. The summed E-state index contributed by atoms with van der Waals surface area (Å²) in [5.41, 5.74) is 1.70. The first kappa shape index (κ1) is 12.3. The van der Waals surface area contributed by atoms with E-state index in [2.05, 4.69) is 63.3 Å². The van der Waals surface area contributed by atoms with E-state index >= 15 is 0 Å². The molecular formula is C14H23N. The van der Waals surface area contributed by atoms with Crippen LogP contribution in [0.5, 0.6) is 0 Å². The minimum Gasteiger partial charge on any atom is -0.310 e. The van der Waals surface area contributed by atoms with Gasteiger partial charge in [0.25, 0.3) is 0 Å². The van der Waals surface area contributed by atoms with Crippen LogP contribution in [0.3, 0.4) is 0 Å². The summed E-state index contributed by atoms with van der Waals surface area (Å²) in [5, 5.41) is 3.59. The van der Waals surface area contributed by atoms with Gasteiger partial charge >= 0.3 is 0 Å². The molecule has 0 heterocycles. The molecule has 0 radical (unpaired) electrons. The third-order valence-corrected chi connectivity index (χ3v) is 3.23. The first-order valence-electron chi connectivity index (χ1n) is 5.90. The van der Waals surface area contributed by atoms with E-state index in [1.54, 1.807) is 0 Å². The van der Waals surface area contributed by atoms with Crippen molar-refractivity contribution in [3.8, 4) is 0 Å². The summed E-state index contributed by atoms with van der Waals surface area (Å²) >= 11 is 0. The largest absolute Gasteiger partial charge is 0.310 e. The molecule has 1 N–H and O–H groups in total. The van der Waals surface area contributed by atoms with Gasteiger partial charge in [0.05, 0.1) is 0 Å². The molecular weight excluding hydrogens is 182 g/mol. The normalized spacial score (nSPS) is 13.9. The Morgan fingerprint density at radius 3 is 2.20 bits per heavy atom. The molecule has 0 aliphatic rings. The first-order chi connectivity index (χ1) is 7.11. The molecule has 0 amide bonds. The predicted octanol–water partition coefficient (Wildman–Crippen LogP) is 3.77. The highest BCUT2D eigenvalue weighted by Crippen LogP contribution is 2.35. The smallest absolute Gasteiger partial charge is 0.0371 e. The molecule has 1 aromatic rings. The Bertz CT molecular complexity index is 277. The maximum atomic E-state index is 3.59. The molecule has 1 aromatic carbocycles. The first-order valence-corrected chi connectivity index (χ1v) is 5.90. The second-order valence-corrected chi connectivity index (χ2v) is 4.74. The number of hydrogen-bond acceptors (Lipinski definition) is 1. The van der Waals surface area contributed by atoms with E-state index in [4.69, 9.17) is 0 Å². The summed E-state index contributed by atoms with van der Waals surface area (Å²) in [6, 6.07) is 11.2. The second kappa shape index (κ2) is 5.32. The second-order valence-electron chi connectivity index (χ2n) is 4.74. The van der Waals surface area contributed by atoms with Crippen molar-refractivity contribution in [2.24, 2.45) is 5.41 Å². The zero-order chi connectivity index (χ0) is 11.3. The molecule has 0 spiro atoms. The van der Waals surface area contributed by atoms with E-state index < -0.39 is 0 Å². The highest BCUT2D eigenvalue weighted by molar-refractivity contribution is 5.20. The minimum absolute atomic E-state index is 0.303. The summed E-state index contributed by atoms with van der Waals surface area (Å²) in [6.45, 7) is 10.1. The number of nitrogens with one attached hydrogen (secondary N) is 1. The lowest BCUT2D eigenvalue weighted by Gasteiger charge is -2.34. The van der Waals surface area contributed by atoms with Crippen molar-refractivity contribution >= 4 is 0 Å². The van der Waals surface area contributed by atoms with Gasteiger partial charge in [-0.2, -0.15) is 0 Å². The maximum absolute atomic E-state index is 3.59. The molecule has 1 unspecified atom stereocenters. The fourth-order valence-corrected chi connectivity index (χ4v) is 1.90. The van der Waals surface area contributed by atoms with Gasteiger partial charge in [-0.15, -0.1) is 0 Å². The van der Waals surface area contributed by atoms with Crippen LogP contribution in [0.25, 0.3) is 0 Å². The molecule has 0 saturated heterocycles. The average Bonchev–Trinajstić information content (AvgIpc) is 2.27. The van der Waals surface area contributed by atoms with E-state index in [9.17, 15) is 0 Å². The fourth-order valence-electron chi connectivity index (χ4n) is 1.90. The Hall–Kier alpha value is -0.820. The molecule has 1 nitrogen and oxygen atoms in total. The Kier molecular flexibility index (Phi) is 4.34. The molecule has 15 heavy (non-hydrogen) atoms. The monoisotopic (exact) mass is 205 g/mol. The molecule has 1 atom stereocenters. The molecule has 0 saturated carbocycles. The predicted molar refractivity (Wildman–Crippen MR) is 66.9 cm³/mol. The van der Waals surface area contributed by atoms with Gasteiger partial charge in [-0.1, -0.05) is 58.0 Å². The van der Waals surface area contributed by atoms with Gasteiger partial charge < -0.3 is 5.32 Å². The number of benzene rings is 1. The molecule has 0 aromatic heterocycles. The molecule has 0 aliphatic carbocycles. The van der Waals surface area contributed by atoms with Crippen LogP contribution in [0.4, 0.5) is 0 Å². The van der Waals surface area contributed by atoms with Crippen LogP contribution in [0.15, 0.2) is 30.3 Å². The number of rotatable bonds is 5. The lowest BCUT2D eigenvalue weighted by molar-refractivity contribution is 0.237. The highest BCUT2D eigenvalue weighted by Gasteiger charge is 2.27. The third kappa shape index (κ3) is 3.07. The van der Waals surface area contributed by atoms with E-state index in [1.807, 2.05) is 0 Å². The maximum Gasteiger partial charge on any atom is 0.0371 e. The van der Waals surface area contributed by atoms with Crippen LogP contribution in [0.1, 0.15) is 45.7 Å². The molecule has 0 bridgehead atoms. The van der Waals surface area contributed by atoms with Crippen LogP contribution in [-0.4, -0.2) is 6.54 Å². The molecule has 0 fully saturated rings. The Balaban J connectivity index is 2.93. The van der Waals surface area contributed by atoms with Crippen molar-refractivity contribution < 1.29 is 0 Å². The van der Waals surface area contributed by atoms with Gasteiger partial charge in [0.1, 0.15) is 0 Å². The van der Waals surface area contributed by atoms with Crippen molar-refractivity contribution in [3.05, 3.63) is 35.9 Å². The van der Waals surface area contributed by atoms with Gasteiger partial charge in [0, 0.05) is 6.04 Å². The quantitative estimate of drug-likeness (QED) is 0.771. The van der Waals surface area contributed by atoms with Crippen molar-refractivity contribution in [1.82, 2.24) is 5.32 Å². The summed E-state index contributed by atoms with van der Waals surface area (Å²) in [7, 11) is 0. The van der Waals surface area contributed by atoms with Crippen LogP contribution in [0.2, 0.25) is 0 Å². The van der Waals surface area contributed by atoms with Crippen LogP contribution >= 0.6 is 0 Å². The summed E-state index contributed by atoms with van der Waals surface area (Å²) in [6.07, 6.45) is 1.18. The SMILES string of the molecule is CCNC(c1ccccc1)C(C)(C)CC. The van der Waals surface area contributed by atoms with Gasteiger partial charge in [0.2, 0.25) is 0 Å². The van der Waals surface area contributed by atoms with Crippen molar-refractivity contribution in [2.75, 3.05) is 6.54 Å². The fraction of sp³-hybridized carbons (Fsp3) is 0.571. The molecule has 84 valence electrons. The molecule has 0 aliphatic heterocycles. The number of hydrogen-bond donors (Lipinski definition) is 1. The molecule has 1 heteroatoms. The Morgan fingerprint density at radius 1 is 1.13 bits per heavy atom. The third-order valence-electron chi connectivity index (χ3n) is 3.23. The standard InChI is InChI=1S/C14H23N/c1-5-14(3,4)13(15-6-2)12-10-8-7-9-11-12/h7-11,13,15H,5-6H2,1-4H3. The van der Waals surface area contributed by atoms with Crippen LogP contribution in [-0.2, 0) is 0 Å². The van der Waals surface area contributed by atoms with E-state index in [-0.39, 0.29) is 0 Å². The van der Waals surface area contributed by atoms with E-state index in [0.29, 0.717) is 11.5 Å². The van der Waals surface area contributed by atoms with Gasteiger partial charge in [-0.3, -0.25) is 0 Å². The van der Waals surface area contributed by atoms with Crippen LogP contribution < -0.4 is 5.32 Å². The summed E-state index contributed by atoms with van der Waals surface area (Å²) in [4.78, 5) is 0. The Morgan fingerprint density at radius 2 is 1.73 bits per heavy atom. The summed E-state index contributed by atoms with van der Waals surface area (Å²) in [5.74, 6) is 0. The van der Waals surface area contributed by atoms with Gasteiger partial charge in [-0.25, -0.2) is 0 Å². The lowest BCUT2D eigenvalue weighted by Crippen LogP contribution is -2.33. The van der Waals surface area contributed by atoms with Crippen molar-refractivity contribution in [3.63, 3.8) is 0 Å². The minimum atomic E-state index is 0.303. The van der Waals surface area contributed by atoms with Gasteiger partial charge in [-0.05, 0) is 23.9 Å². The van der Waals surface area contributed by atoms with E-state index in [1.165, 1.54) is 12.0 Å². The van der Waals surface area contributed by atoms with Gasteiger partial charge in [0.15, 0.2) is 0 Å². The van der Waals surface area contributed by atoms with Crippen molar-refractivity contribution in [2.45, 2.75) is 40.2 Å². The highest BCUT2D eigenvalue weighted by atomic mass is 14.9. The zero-order valence-corrected chi connectivity index (χ0v) is 10.4. The van der Waals surface area contributed by atoms with Crippen LogP contribution in [0, 0.1) is 5.41 Å². The van der Waals surface area contributed by atoms with Crippen molar-refractivity contribution in [1.29, 1.82) is 0 Å². The topological polar surface area (TPSA) is 12.0 Å². The van der Waals surface area contributed by atoms with E-state index in [0.717, 1.165) is 6.54 Å². The zero-order valence-electron chi connectivity index (χ0n) is 10.4. The Labute approximate surface area is 93.9 Å². The molecule has 1 rings (SSSR count).